The number of oxazole rings is 1. The fourth-order valence-corrected chi connectivity index (χ4v) is 1.42. The van der Waals surface area contributed by atoms with Crippen LogP contribution in [0.25, 0.3) is 5.71 Å². The first-order valence-corrected chi connectivity index (χ1v) is 3.84. The number of hydrogen-bond acceptors (Lipinski definition) is 3. The zero-order valence-corrected chi connectivity index (χ0v) is 7.37. The Morgan fingerprint density at radius 2 is 2.46 bits per heavy atom. The molecule has 1 N–H and O–H groups in total. The minimum atomic E-state index is -1.15. The Hall–Kier alpha value is -1.49. The molecule has 2 rings (SSSR count). The van der Waals surface area contributed by atoms with E-state index in [-0.39, 0.29) is 16.7 Å². The van der Waals surface area contributed by atoms with Gasteiger partial charge in [-0.2, -0.15) is 0 Å². The molecule has 5 nitrogen and oxygen atoms in total. The van der Waals surface area contributed by atoms with Crippen LogP contribution in [0, 0.1) is 6.92 Å². The summed E-state index contributed by atoms with van der Waals surface area (Å²) in [5.74, 6) is -1.15. The summed E-state index contributed by atoms with van der Waals surface area (Å²) in [5.41, 5.74) is 0.702. The first-order valence-electron chi connectivity index (χ1n) is 3.46. The van der Waals surface area contributed by atoms with Gasteiger partial charge < -0.3 is 9.52 Å². The van der Waals surface area contributed by atoms with Crippen molar-refractivity contribution in [3.05, 3.63) is 22.9 Å². The van der Waals surface area contributed by atoms with Crippen molar-refractivity contribution in [3.8, 4) is 0 Å². The van der Waals surface area contributed by atoms with Crippen LogP contribution in [-0.4, -0.2) is 20.5 Å². The standard InChI is InChI=1S/C7H5ClN2O3/c1-3-2-13-5-4(6(11)12)9-7(8)10(3)5/h2H,1H3,(H,11,12). The van der Waals surface area contributed by atoms with E-state index in [1.165, 1.54) is 10.7 Å². The second-order valence-electron chi connectivity index (χ2n) is 2.55. The van der Waals surface area contributed by atoms with E-state index in [2.05, 4.69) is 4.98 Å². The SMILES string of the molecule is Cc1coc2c(C(=O)O)nc(Cl)n12. The van der Waals surface area contributed by atoms with Crippen molar-refractivity contribution in [3.63, 3.8) is 0 Å². The van der Waals surface area contributed by atoms with E-state index in [0.29, 0.717) is 5.69 Å². The third-order valence-electron chi connectivity index (χ3n) is 1.69. The van der Waals surface area contributed by atoms with Crippen molar-refractivity contribution in [1.29, 1.82) is 0 Å². The summed E-state index contributed by atoms with van der Waals surface area (Å²) in [7, 11) is 0. The Morgan fingerprint density at radius 1 is 1.77 bits per heavy atom. The van der Waals surface area contributed by atoms with Crippen LogP contribution in [0.5, 0.6) is 0 Å². The summed E-state index contributed by atoms with van der Waals surface area (Å²) in [6.07, 6.45) is 1.43. The Bertz CT molecular complexity index is 485. The van der Waals surface area contributed by atoms with E-state index in [0.717, 1.165) is 0 Å². The molecular weight excluding hydrogens is 196 g/mol. The molecule has 2 aromatic rings. The summed E-state index contributed by atoms with van der Waals surface area (Å²) in [6, 6.07) is 0. The average Bonchev–Trinajstić information content (AvgIpc) is 2.55. The minimum Gasteiger partial charge on any atom is -0.476 e. The Morgan fingerprint density at radius 3 is 3.08 bits per heavy atom. The average molecular weight is 201 g/mol. The number of carbonyl (C=O) groups is 1. The van der Waals surface area contributed by atoms with Gasteiger partial charge >= 0.3 is 5.97 Å². The third kappa shape index (κ3) is 1.01. The van der Waals surface area contributed by atoms with E-state index in [1.807, 2.05) is 0 Å². The molecule has 0 spiro atoms. The Balaban J connectivity index is 2.87. The maximum Gasteiger partial charge on any atom is 0.360 e. The summed E-state index contributed by atoms with van der Waals surface area (Å²) in [5, 5.41) is 8.81. The molecule has 68 valence electrons. The van der Waals surface area contributed by atoms with Gasteiger partial charge in [0.05, 0.1) is 5.69 Å². The lowest BCUT2D eigenvalue weighted by Gasteiger charge is -1.85. The van der Waals surface area contributed by atoms with E-state index in [1.54, 1.807) is 6.92 Å². The van der Waals surface area contributed by atoms with Gasteiger partial charge in [-0.1, -0.05) is 0 Å². The number of carboxylic acid groups (broad SMARTS) is 1. The number of rotatable bonds is 1. The molecule has 0 aliphatic carbocycles. The molecule has 2 heterocycles. The molecule has 0 bridgehead atoms. The second kappa shape index (κ2) is 2.50. The lowest BCUT2D eigenvalue weighted by Crippen LogP contribution is -1.96. The molecule has 0 fully saturated rings. The van der Waals surface area contributed by atoms with Crippen molar-refractivity contribution in [2.24, 2.45) is 0 Å². The van der Waals surface area contributed by atoms with Crippen LogP contribution in [0.3, 0.4) is 0 Å². The quantitative estimate of drug-likeness (QED) is 0.759. The van der Waals surface area contributed by atoms with Crippen LogP contribution < -0.4 is 0 Å². The molecule has 0 atom stereocenters. The number of aromatic carboxylic acids is 1. The molecule has 0 saturated carbocycles. The molecular formula is C7H5ClN2O3. The highest BCUT2D eigenvalue weighted by Crippen LogP contribution is 2.20. The van der Waals surface area contributed by atoms with E-state index < -0.39 is 5.97 Å². The van der Waals surface area contributed by atoms with Crippen LogP contribution in [-0.2, 0) is 0 Å². The zero-order valence-electron chi connectivity index (χ0n) is 6.61. The Labute approximate surface area is 77.6 Å². The van der Waals surface area contributed by atoms with Gasteiger partial charge in [-0.15, -0.1) is 0 Å². The summed E-state index contributed by atoms with van der Waals surface area (Å²) < 4.78 is 6.43. The fraction of sp³-hybridized carbons (Fsp3) is 0.143. The van der Waals surface area contributed by atoms with Gasteiger partial charge in [0, 0.05) is 0 Å². The lowest BCUT2D eigenvalue weighted by atomic mass is 10.5. The second-order valence-corrected chi connectivity index (χ2v) is 2.89. The number of halogens is 1. The maximum absolute atomic E-state index is 10.6. The van der Waals surface area contributed by atoms with E-state index in [9.17, 15) is 4.79 Å². The highest BCUT2D eigenvalue weighted by molar-refractivity contribution is 6.29. The smallest absolute Gasteiger partial charge is 0.360 e. The van der Waals surface area contributed by atoms with E-state index in [4.69, 9.17) is 21.1 Å². The van der Waals surface area contributed by atoms with Gasteiger partial charge in [0.1, 0.15) is 6.26 Å². The molecule has 2 aromatic heterocycles. The zero-order chi connectivity index (χ0) is 9.59. The molecule has 0 amide bonds. The molecule has 0 radical (unpaired) electrons. The van der Waals surface area contributed by atoms with Crippen LogP contribution in [0.15, 0.2) is 10.7 Å². The molecule has 6 heteroatoms. The van der Waals surface area contributed by atoms with Crippen molar-refractivity contribution in [1.82, 2.24) is 9.38 Å². The number of carboxylic acids is 1. The largest absolute Gasteiger partial charge is 0.476 e. The maximum atomic E-state index is 10.6. The summed E-state index contributed by atoms with van der Waals surface area (Å²) in [6.45, 7) is 1.75. The molecule has 0 aromatic carbocycles. The van der Waals surface area contributed by atoms with Gasteiger partial charge in [-0.05, 0) is 18.5 Å². The lowest BCUT2D eigenvalue weighted by molar-refractivity contribution is 0.0692. The first-order chi connectivity index (χ1) is 6.11. The van der Waals surface area contributed by atoms with Crippen LogP contribution in [0.1, 0.15) is 16.2 Å². The number of aryl methyl sites for hydroxylation is 1. The third-order valence-corrected chi connectivity index (χ3v) is 1.94. The van der Waals surface area contributed by atoms with Crippen LogP contribution >= 0.6 is 11.6 Å². The van der Waals surface area contributed by atoms with Gasteiger partial charge in [-0.25, -0.2) is 9.78 Å². The molecule has 0 aliphatic rings. The topological polar surface area (TPSA) is 67.7 Å². The van der Waals surface area contributed by atoms with Crippen LogP contribution in [0.4, 0.5) is 0 Å². The highest BCUT2D eigenvalue weighted by atomic mass is 35.5. The number of imidazole rings is 1. The molecule has 0 unspecified atom stereocenters. The Kier molecular flexibility index (Phi) is 1.56. The molecule has 13 heavy (non-hydrogen) atoms. The summed E-state index contributed by atoms with van der Waals surface area (Å²) >= 11 is 5.70. The van der Waals surface area contributed by atoms with E-state index >= 15 is 0 Å². The van der Waals surface area contributed by atoms with Crippen molar-refractivity contribution >= 4 is 23.3 Å². The number of fused-ring (bicyclic) bond motifs is 1. The highest BCUT2D eigenvalue weighted by Gasteiger charge is 2.19. The number of aromatic nitrogens is 2. The monoisotopic (exact) mass is 200 g/mol. The van der Waals surface area contributed by atoms with Crippen LogP contribution in [0.2, 0.25) is 5.28 Å². The van der Waals surface area contributed by atoms with Crippen molar-refractivity contribution < 1.29 is 14.3 Å². The van der Waals surface area contributed by atoms with Crippen molar-refractivity contribution in [2.75, 3.05) is 0 Å². The predicted molar refractivity (Wildman–Crippen MR) is 44.2 cm³/mol. The summed E-state index contributed by atoms with van der Waals surface area (Å²) in [4.78, 5) is 14.3. The minimum absolute atomic E-state index is 0.0960. The van der Waals surface area contributed by atoms with Gasteiger partial charge in [0.2, 0.25) is 16.7 Å². The fourth-order valence-electron chi connectivity index (χ4n) is 1.13. The number of nitrogens with zero attached hydrogens (tertiary/aromatic N) is 2. The number of hydrogen-bond donors (Lipinski definition) is 1. The van der Waals surface area contributed by atoms with Gasteiger partial charge in [0.25, 0.3) is 0 Å². The van der Waals surface area contributed by atoms with Gasteiger partial charge in [-0.3, -0.25) is 4.40 Å². The molecule has 0 saturated heterocycles. The normalized spacial score (nSPS) is 10.9. The van der Waals surface area contributed by atoms with Crippen molar-refractivity contribution in [2.45, 2.75) is 6.92 Å². The molecule has 0 aliphatic heterocycles. The predicted octanol–water partition coefficient (Wildman–Crippen LogP) is 1.59. The van der Waals surface area contributed by atoms with Gasteiger partial charge in [0.15, 0.2) is 0 Å². The first kappa shape index (κ1) is 8.12.